The highest BCUT2D eigenvalue weighted by atomic mass is 127. The van der Waals surface area contributed by atoms with Crippen LogP contribution in [0, 0.1) is 0 Å². The summed E-state index contributed by atoms with van der Waals surface area (Å²) in [6.45, 7) is 3.70. The van der Waals surface area contributed by atoms with Crippen LogP contribution in [0.5, 0.6) is 5.75 Å². The Balaban J connectivity index is 1.97. The molecule has 0 aliphatic heterocycles. The molecule has 0 saturated heterocycles. The number of benzene rings is 2. The maximum Gasteiger partial charge on any atom is 0.338 e. The number of phenols is 1. The van der Waals surface area contributed by atoms with Gasteiger partial charge in [-0.25, -0.2) is 4.79 Å². The van der Waals surface area contributed by atoms with Crippen molar-refractivity contribution in [3.8, 4) is 5.75 Å². The predicted molar refractivity (Wildman–Crippen MR) is 99.6 cm³/mol. The lowest BCUT2D eigenvalue weighted by Crippen LogP contribution is -2.30. The molecule has 6 heteroatoms. The van der Waals surface area contributed by atoms with E-state index in [9.17, 15) is 14.7 Å². The lowest BCUT2D eigenvalue weighted by molar-refractivity contribution is -0.146. The van der Waals surface area contributed by atoms with Crippen LogP contribution in [0.25, 0.3) is 10.8 Å². The number of aromatic hydroxyl groups is 1. The van der Waals surface area contributed by atoms with Gasteiger partial charge in [-0.05, 0) is 30.9 Å². The van der Waals surface area contributed by atoms with Crippen LogP contribution in [0.1, 0.15) is 30.6 Å². The summed E-state index contributed by atoms with van der Waals surface area (Å²) >= 11 is 2.05. The van der Waals surface area contributed by atoms with Gasteiger partial charge in [0.2, 0.25) is 0 Å². The van der Waals surface area contributed by atoms with Crippen LogP contribution in [0.3, 0.4) is 0 Å². The average Bonchev–Trinajstić information content (AvgIpc) is 2.58. The zero-order valence-electron chi connectivity index (χ0n) is 13.5. The van der Waals surface area contributed by atoms with Gasteiger partial charge in [0, 0.05) is 5.39 Å². The molecule has 1 atom stereocenters. The second-order valence-electron chi connectivity index (χ2n) is 5.50. The largest absolute Gasteiger partial charge is 0.507 e. The van der Waals surface area contributed by atoms with Crippen molar-refractivity contribution in [1.82, 2.24) is 0 Å². The van der Waals surface area contributed by atoms with E-state index in [1.165, 1.54) is 0 Å². The van der Waals surface area contributed by atoms with Crippen LogP contribution in [0.4, 0.5) is 0 Å². The van der Waals surface area contributed by atoms with E-state index >= 15 is 0 Å². The molecule has 0 aliphatic carbocycles. The molecule has 0 amide bonds. The van der Waals surface area contributed by atoms with Gasteiger partial charge in [-0.2, -0.15) is 0 Å². The molecule has 0 fully saturated rings. The number of alkyl halides is 1. The number of phenolic OH excluding ortho intramolecular Hbond substituents is 1. The second kappa shape index (κ2) is 7.83. The van der Waals surface area contributed by atoms with Gasteiger partial charge in [0.05, 0.1) is 5.56 Å². The van der Waals surface area contributed by atoms with Crippen LogP contribution < -0.4 is 0 Å². The van der Waals surface area contributed by atoms with E-state index in [2.05, 4.69) is 0 Å². The number of esters is 2. The molecule has 2 aromatic carbocycles. The Morgan fingerprint density at radius 3 is 2.42 bits per heavy atom. The minimum absolute atomic E-state index is 0.0131. The highest BCUT2D eigenvalue weighted by Crippen LogP contribution is 2.27. The molecule has 0 radical (unpaired) electrons. The third-order valence-corrected chi connectivity index (χ3v) is 4.96. The molecule has 0 spiro atoms. The van der Waals surface area contributed by atoms with Crippen LogP contribution in [-0.2, 0) is 14.3 Å². The van der Waals surface area contributed by atoms with Crippen molar-refractivity contribution >= 4 is 45.3 Å². The fourth-order valence-corrected chi connectivity index (χ4v) is 2.27. The fraction of sp³-hybridized carbons (Fsp3) is 0.333. The molecule has 128 valence electrons. The zero-order chi connectivity index (χ0) is 17.7. The summed E-state index contributed by atoms with van der Waals surface area (Å²) in [7, 11) is 0. The molecule has 0 aliphatic rings. The maximum absolute atomic E-state index is 12.2. The first-order valence-electron chi connectivity index (χ1n) is 7.61. The van der Waals surface area contributed by atoms with Crippen molar-refractivity contribution in [2.75, 3.05) is 13.2 Å². The lowest BCUT2D eigenvalue weighted by atomic mass is 10.0. The third-order valence-electron chi connectivity index (χ3n) is 3.76. The number of ether oxygens (including phenoxy) is 2. The number of rotatable bonds is 6. The Morgan fingerprint density at radius 1 is 1.08 bits per heavy atom. The van der Waals surface area contributed by atoms with Crippen LogP contribution in [0.15, 0.2) is 36.4 Å². The highest BCUT2D eigenvalue weighted by molar-refractivity contribution is 14.1. The summed E-state index contributed by atoms with van der Waals surface area (Å²) in [5.41, 5.74) is 0.363. The Labute approximate surface area is 154 Å². The zero-order valence-corrected chi connectivity index (χ0v) is 15.7. The van der Waals surface area contributed by atoms with Gasteiger partial charge in [0.15, 0.2) is 0 Å². The first kappa shape index (κ1) is 18.5. The minimum atomic E-state index is -0.574. The van der Waals surface area contributed by atoms with Gasteiger partial charge in [-0.15, -0.1) is 0 Å². The first-order chi connectivity index (χ1) is 11.4. The number of fused-ring (bicyclic) bond motifs is 1. The summed E-state index contributed by atoms with van der Waals surface area (Å²) in [4.78, 5) is 24.0. The van der Waals surface area contributed by atoms with Gasteiger partial charge < -0.3 is 14.6 Å². The lowest BCUT2D eigenvalue weighted by Gasteiger charge is -2.18. The number of hydrogen-bond acceptors (Lipinski definition) is 5. The van der Waals surface area contributed by atoms with E-state index in [0.717, 1.165) is 0 Å². The number of carbonyl (C=O) groups excluding carboxylic acids is 2. The molecule has 0 bridgehead atoms. The standard InChI is InChI=1S/C18H19IO5/c1-3-18(2,19)17(22)24-11-10-23-16(21)14-8-4-7-13-12(14)6-5-9-15(13)20/h4-9,20H,3,10-11H2,1-2H3. The molecule has 0 heterocycles. The van der Waals surface area contributed by atoms with Gasteiger partial charge in [-0.1, -0.05) is 53.8 Å². The quantitative estimate of drug-likeness (QED) is 0.319. The number of hydrogen-bond donors (Lipinski definition) is 1. The maximum atomic E-state index is 12.2. The van der Waals surface area contributed by atoms with Crippen LogP contribution in [-0.4, -0.2) is 33.7 Å². The average molecular weight is 442 g/mol. The molecular formula is C18H19IO5. The second-order valence-corrected chi connectivity index (χ2v) is 7.88. The molecule has 1 N–H and O–H groups in total. The van der Waals surface area contributed by atoms with E-state index in [1.807, 2.05) is 29.5 Å². The topological polar surface area (TPSA) is 72.8 Å². The van der Waals surface area contributed by atoms with E-state index in [1.54, 1.807) is 43.3 Å². The molecule has 2 rings (SSSR count). The van der Waals surface area contributed by atoms with E-state index < -0.39 is 9.39 Å². The molecule has 0 aromatic heterocycles. The van der Waals surface area contributed by atoms with Crippen molar-refractivity contribution in [2.24, 2.45) is 0 Å². The van der Waals surface area contributed by atoms with Crippen molar-refractivity contribution in [2.45, 2.75) is 23.7 Å². The van der Waals surface area contributed by atoms with Crippen molar-refractivity contribution < 1.29 is 24.2 Å². The molecule has 2 aromatic rings. The first-order valence-corrected chi connectivity index (χ1v) is 8.68. The Bertz CT molecular complexity index is 754. The van der Waals surface area contributed by atoms with Crippen LogP contribution in [0.2, 0.25) is 0 Å². The van der Waals surface area contributed by atoms with Crippen molar-refractivity contribution in [1.29, 1.82) is 0 Å². The Kier molecular flexibility index (Phi) is 6.04. The molecule has 0 saturated carbocycles. The molecular weight excluding hydrogens is 423 g/mol. The molecule has 5 nitrogen and oxygen atoms in total. The Morgan fingerprint density at radius 2 is 1.71 bits per heavy atom. The summed E-state index contributed by atoms with van der Waals surface area (Å²) < 4.78 is 9.72. The number of halogens is 1. The summed E-state index contributed by atoms with van der Waals surface area (Å²) in [5.74, 6) is -0.733. The summed E-state index contributed by atoms with van der Waals surface area (Å²) in [5, 5.41) is 11.0. The van der Waals surface area contributed by atoms with E-state index in [4.69, 9.17) is 9.47 Å². The third kappa shape index (κ3) is 4.17. The SMILES string of the molecule is CCC(C)(I)C(=O)OCCOC(=O)c1cccc2c(O)cccc12. The van der Waals surface area contributed by atoms with E-state index in [0.29, 0.717) is 22.8 Å². The fourth-order valence-electron chi connectivity index (χ4n) is 2.11. The number of carbonyl (C=O) groups is 2. The normalized spacial score (nSPS) is 13.3. The Hall–Kier alpha value is -1.83. The van der Waals surface area contributed by atoms with Gasteiger partial charge >= 0.3 is 11.9 Å². The minimum Gasteiger partial charge on any atom is -0.507 e. The van der Waals surface area contributed by atoms with E-state index in [-0.39, 0.29) is 24.9 Å². The van der Waals surface area contributed by atoms with Gasteiger partial charge in [0.1, 0.15) is 22.4 Å². The summed E-state index contributed by atoms with van der Waals surface area (Å²) in [6, 6.07) is 10.0. The highest BCUT2D eigenvalue weighted by Gasteiger charge is 2.29. The van der Waals surface area contributed by atoms with Crippen molar-refractivity contribution in [3.05, 3.63) is 42.0 Å². The summed E-state index contributed by atoms with van der Waals surface area (Å²) in [6.07, 6.45) is 0.658. The predicted octanol–water partition coefficient (Wildman–Crippen LogP) is 3.85. The van der Waals surface area contributed by atoms with Crippen LogP contribution >= 0.6 is 22.6 Å². The molecule has 1 unspecified atom stereocenters. The van der Waals surface area contributed by atoms with Gasteiger partial charge in [0.25, 0.3) is 0 Å². The van der Waals surface area contributed by atoms with Crippen molar-refractivity contribution in [3.63, 3.8) is 0 Å². The smallest absolute Gasteiger partial charge is 0.338 e. The van der Waals surface area contributed by atoms with Gasteiger partial charge in [-0.3, -0.25) is 4.79 Å². The molecule has 24 heavy (non-hydrogen) atoms. The monoisotopic (exact) mass is 442 g/mol.